The Balaban J connectivity index is 0.00000220. The lowest BCUT2D eigenvalue weighted by molar-refractivity contribution is 0.0947. The van der Waals surface area contributed by atoms with Gasteiger partial charge in [0, 0.05) is 37.4 Å². The highest BCUT2D eigenvalue weighted by molar-refractivity contribution is 5.94. The van der Waals surface area contributed by atoms with Crippen LogP contribution in [0.5, 0.6) is 0 Å². The predicted octanol–water partition coefficient (Wildman–Crippen LogP) is 1.99. The van der Waals surface area contributed by atoms with Crippen LogP contribution in [0.2, 0.25) is 0 Å². The summed E-state index contributed by atoms with van der Waals surface area (Å²) < 4.78 is 0. The van der Waals surface area contributed by atoms with Gasteiger partial charge in [-0.25, -0.2) is 0 Å². The van der Waals surface area contributed by atoms with Crippen LogP contribution in [-0.4, -0.2) is 42.0 Å². The largest absolute Gasteiger partial charge is 0.351 e. The molecule has 0 saturated heterocycles. The fraction of sp³-hybridized carbons (Fsp3) is 0.600. The molecule has 0 aliphatic heterocycles. The van der Waals surface area contributed by atoms with Crippen molar-refractivity contribution < 1.29 is 4.79 Å². The van der Waals surface area contributed by atoms with Crippen molar-refractivity contribution in [2.75, 3.05) is 20.1 Å². The number of hydrogen-bond acceptors (Lipinski definition) is 4. The molecule has 0 unspecified atom stereocenters. The van der Waals surface area contributed by atoms with Crippen LogP contribution < -0.4 is 11.1 Å². The maximum Gasteiger partial charge on any atom is 0.251 e. The van der Waals surface area contributed by atoms with Gasteiger partial charge in [0.2, 0.25) is 0 Å². The second-order valence-corrected chi connectivity index (χ2v) is 5.41. The zero-order valence-corrected chi connectivity index (χ0v) is 14.6. The summed E-state index contributed by atoms with van der Waals surface area (Å²) in [6.45, 7) is 1.92. The summed E-state index contributed by atoms with van der Waals surface area (Å²) in [7, 11) is 2.14. The van der Waals surface area contributed by atoms with E-state index in [-0.39, 0.29) is 30.7 Å². The SMILES string of the molecule is CN(CCNC(=O)c1ccnc(CN)c1)C1CCCC1.Cl.Cl. The van der Waals surface area contributed by atoms with Crippen LogP contribution in [-0.2, 0) is 6.54 Å². The molecule has 3 N–H and O–H groups in total. The van der Waals surface area contributed by atoms with E-state index in [1.165, 1.54) is 25.7 Å². The highest BCUT2D eigenvalue weighted by atomic mass is 35.5. The Labute approximate surface area is 144 Å². The number of hydrogen-bond donors (Lipinski definition) is 2. The molecule has 0 atom stereocenters. The van der Waals surface area contributed by atoms with Crippen molar-refractivity contribution in [2.24, 2.45) is 5.73 Å². The first-order chi connectivity index (χ1) is 9.70. The summed E-state index contributed by atoms with van der Waals surface area (Å²) in [6, 6.07) is 4.15. The average Bonchev–Trinajstić information content (AvgIpc) is 3.01. The molecule has 1 saturated carbocycles. The van der Waals surface area contributed by atoms with Crippen LogP contribution in [0, 0.1) is 0 Å². The smallest absolute Gasteiger partial charge is 0.251 e. The number of likely N-dealkylation sites (N-methyl/N-ethyl adjacent to an activating group) is 1. The third kappa shape index (κ3) is 6.08. The van der Waals surface area contributed by atoms with Crippen molar-refractivity contribution >= 4 is 30.7 Å². The maximum atomic E-state index is 12.0. The van der Waals surface area contributed by atoms with Crippen LogP contribution in [0.1, 0.15) is 41.7 Å². The van der Waals surface area contributed by atoms with Gasteiger partial charge in [-0.3, -0.25) is 9.78 Å². The number of nitrogens with one attached hydrogen (secondary N) is 1. The predicted molar refractivity (Wildman–Crippen MR) is 93.8 cm³/mol. The van der Waals surface area contributed by atoms with Crippen molar-refractivity contribution in [2.45, 2.75) is 38.3 Å². The lowest BCUT2D eigenvalue weighted by atomic mass is 10.2. The lowest BCUT2D eigenvalue weighted by Crippen LogP contribution is -2.37. The van der Waals surface area contributed by atoms with Gasteiger partial charge in [0.1, 0.15) is 0 Å². The van der Waals surface area contributed by atoms with Gasteiger partial charge in [-0.05, 0) is 32.0 Å². The van der Waals surface area contributed by atoms with Gasteiger partial charge in [-0.2, -0.15) is 0 Å². The second kappa shape index (κ2) is 10.8. The first kappa shape index (κ1) is 21.1. The van der Waals surface area contributed by atoms with Crippen molar-refractivity contribution in [1.29, 1.82) is 0 Å². The van der Waals surface area contributed by atoms with Crippen molar-refractivity contribution in [3.63, 3.8) is 0 Å². The molecule has 0 radical (unpaired) electrons. The molecule has 2 rings (SSSR count). The molecule has 126 valence electrons. The monoisotopic (exact) mass is 348 g/mol. The van der Waals surface area contributed by atoms with Gasteiger partial charge in [-0.1, -0.05) is 12.8 Å². The lowest BCUT2D eigenvalue weighted by Gasteiger charge is -2.23. The Morgan fingerprint density at radius 3 is 2.73 bits per heavy atom. The van der Waals surface area contributed by atoms with Crippen LogP contribution in [0.3, 0.4) is 0 Å². The maximum absolute atomic E-state index is 12.0. The minimum atomic E-state index is -0.0538. The van der Waals surface area contributed by atoms with Gasteiger partial charge < -0.3 is 16.0 Å². The first-order valence-corrected chi connectivity index (χ1v) is 7.34. The van der Waals surface area contributed by atoms with Gasteiger partial charge in [0.25, 0.3) is 5.91 Å². The fourth-order valence-corrected chi connectivity index (χ4v) is 2.71. The van der Waals surface area contributed by atoms with E-state index < -0.39 is 0 Å². The molecule has 1 heterocycles. The van der Waals surface area contributed by atoms with Gasteiger partial charge in [0.15, 0.2) is 0 Å². The molecule has 1 amide bonds. The number of pyridine rings is 1. The number of halogens is 2. The molecular weight excluding hydrogens is 323 g/mol. The molecule has 1 aromatic heterocycles. The molecule has 1 aliphatic rings. The Hall–Kier alpha value is -0.880. The highest BCUT2D eigenvalue weighted by Crippen LogP contribution is 2.21. The van der Waals surface area contributed by atoms with E-state index >= 15 is 0 Å². The molecule has 0 aromatic carbocycles. The molecule has 1 aliphatic carbocycles. The summed E-state index contributed by atoms with van der Waals surface area (Å²) in [6.07, 6.45) is 6.87. The third-order valence-corrected chi connectivity index (χ3v) is 3.99. The van der Waals surface area contributed by atoms with Gasteiger partial charge in [-0.15, -0.1) is 24.8 Å². The van der Waals surface area contributed by atoms with Crippen molar-refractivity contribution in [1.82, 2.24) is 15.2 Å². The zero-order valence-electron chi connectivity index (χ0n) is 13.0. The van der Waals surface area contributed by atoms with E-state index in [0.717, 1.165) is 12.2 Å². The normalized spacial score (nSPS) is 14.3. The number of aromatic nitrogens is 1. The number of carbonyl (C=O) groups is 1. The highest BCUT2D eigenvalue weighted by Gasteiger charge is 2.19. The first-order valence-electron chi connectivity index (χ1n) is 7.34. The number of amides is 1. The minimum absolute atomic E-state index is 0. The van der Waals surface area contributed by atoms with E-state index in [4.69, 9.17) is 5.73 Å². The number of nitrogens with zero attached hydrogens (tertiary/aromatic N) is 2. The molecule has 1 aromatic rings. The summed E-state index contributed by atoms with van der Waals surface area (Å²) in [5.74, 6) is -0.0538. The van der Waals surface area contributed by atoms with E-state index in [1.807, 2.05) is 0 Å². The van der Waals surface area contributed by atoms with E-state index in [2.05, 4.69) is 22.2 Å². The topological polar surface area (TPSA) is 71.2 Å². The van der Waals surface area contributed by atoms with Crippen LogP contribution >= 0.6 is 24.8 Å². The molecule has 0 bridgehead atoms. The van der Waals surface area contributed by atoms with Crippen molar-refractivity contribution in [3.8, 4) is 0 Å². The molecular formula is C15H26Cl2N4O. The van der Waals surface area contributed by atoms with E-state index in [1.54, 1.807) is 18.3 Å². The van der Waals surface area contributed by atoms with Gasteiger partial charge >= 0.3 is 0 Å². The summed E-state index contributed by atoms with van der Waals surface area (Å²) >= 11 is 0. The zero-order chi connectivity index (χ0) is 14.4. The van der Waals surface area contributed by atoms with E-state index in [0.29, 0.717) is 24.7 Å². The summed E-state index contributed by atoms with van der Waals surface area (Å²) in [4.78, 5) is 18.5. The minimum Gasteiger partial charge on any atom is -0.351 e. The number of rotatable bonds is 6. The van der Waals surface area contributed by atoms with Crippen LogP contribution in [0.15, 0.2) is 18.3 Å². The molecule has 22 heavy (non-hydrogen) atoms. The Morgan fingerprint density at radius 1 is 1.41 bits per heavy atom. The van der Waals surface area contributed by atoms with Crippen molar-refractivity contribution in [3.05, 3.63) is 29.6 Å². The quantitative estimate of drug-likeness (QED) is 0.824. The summed E-state index contributed by atoms with van der Waals surface area (Å²) in [5, 5.41) is 2.96. The fourth-order valence-electron chi connectivity index (χ4n) is 2.71. The second-order valence-electron chi connectivity index (χ2n) is 5.41. The Kier molecular flexibility index (Phi) is 10.3. The van der Waals surface area contributed by atoms with Crippen LogP contribution in [0.25, 0.3) is 0 Å². The number of carbonyl (C=O) groups excluding carboxylic acids is 1. The summed E-state index contributed by atoms with van der Waals surface area (Å²) in [5.41, 5.74) is 6.89. The third-order valence-electron chi connectivity index (χ3n) is 3.99. The van der Waals surface area contributed by atoms with E-state index in [9.17, 15) is 4.79 Å². The van der Waals surface area contributed by atoms with Gasteiger partial charge in [0.05, 0.1) is 5.69 Å². The molecule has 7 heteroatoms. The Morgan fingerprint density at radius 2 is 2.09 bits per heavy atom. The Bertz CT molecular complexity index is 453. The number of nitrogens with two attached hydrogens (primary N) is 1. The molecule has 0 spiro atoms. The molecule has 1 fully saturated rings. The van der Waals surface area contributed by atoms with Crippen LogP contribution in [0.4, 0.5) is 0 Å². The average molecular weight is 349 g/mol. The standard InChI is InChI=1S/C15H24N4O.2ClH/c1-19(14-4-2-3-5-14)9-8-18-15(20)12-6-7-17-13(10-12)11-16;;/h6-7,10,14H,2-5,8-9,11,16H2,1H3,(H,18,20);2*1H. The molecule has 5 nitrogen and oxygen atoms in total.